The summed E-state index contributed by atoms with van der Waals surface area (Å²) in [5.41, 5.74) is -0.404. The van der Waals surface area contributed by atoms with Gasteiger partial charge in [0, 0.05) is 25.0 Å². The van der Waals surface area contributed by atoms with E-state index in [9.17, 15) is 18.0 Å². The second-order valence-electron chi connectivity index (χ2n) is 4.96. The molecule has 0 aliphatic rings. The molecule has 6 heteroatoms. The molecule has 0 bridgehead atoms. The smallest absolute Gasteiger partial charge is 0.355 e. The fraction of sp³-hybridized carbons (Fsp3) is 0.312. The van der Waals surface area contributed by atoms with Crippen molar-refractivity contribution in [2.24, 2.45) is 7.05 Å². The lowest BCUT2D eigenvalue weighted by Crippen LogP contribution is -2.12. The Labute approximate surface area is 131 Å². The maximum atomic E-state index is 12.8. The molecule has 2 nitrogen and oxygen atoms in total. The normalized spacial score (nSPS) is 11.7. The van der Waals surface area contributed by atoms with Crippen molar-refractivity contribution in [2.45, 2.75) is 24.4 Å². The summed E-state index contributed by atoms with van der Waals surface area (Å²) in [6.07, 6.45) is -0.231. The Kier molecular flexibility index (Phi) is 5.01. The van der Waals surface area contributed by atoms with E-state index >= 15 is 0 Å². The van der Waals surface area contributed by atoms with Crippen LogP contribution in [0.2, 0.25) is 0 Å². The first-order valence-corrected chi connectivity index (χ1v) is 7.82. The van der Waals surface area contributed by atoms with Crippen LogP contribution in [0.5, 0.6) is 0 Å². The molecule has 0 unspecified atom stereocenters. The van der Waals surface area contributed by atoms with Crippen LogP contribution in [0, 0.1) is 0 Å². The average molecular weight is 327 g/mol. The van der Waals surface area contributed by atoms with Crippen molar-refractivity contribution in [1.82, 2.24) is 4.57 Å². The van der Waals surface area contributed by atoms with Gasteiger partial charge in [-0.3, -0.25) is 4.79 Å². The zero-order valence-electron chi connectivity index (χ0n) is 12.3. The van der Waals surface area contributed by atoms with Crippen molar-refractivity contribution in [1.29, 1.82) is 0 Å². The highest BCUT2D eigenvalue weighted by Crippen LogP contribution is 2.31. The molecule has 0 saturated heterocycles. The summed E-state index contributed by atoms with van der Waals surface area (Å²) in [5.74, 6) is 0.793. The summed E-state index contributed by atoms with van der Waals surface area (Å²) in [6, 6.07) is 4.87. The van der Waals surface area contributed by atoms with Crippen LogP contribution in [0.3, 0.4) is 0 Å². The van der Waals surface area contributed by atoms with E-state index in [1.54, 1.807) is 24.0 Å². The molecule has 0 aliphatic heterocycles. The number of halogens is 3. The standard InChI is InChI=1S/C16H16F3NOS/c1-3-7-22-14-10-20(2)9-13(15(14)21)11-5-4-6-12(8-11)16(17,18)19/h4-6,8-10H,3,7H2,1-2H3. The van der Waals surface area contributed by atoms with Gasteiger partial charge in [-0.05, 0) is 29.9 Å². The highest BCUT2D eigenvalue weighted by atomic mass is 32.2. The van der Waals surface area contributed by atoms with E-state index in [2.05, 4.69) is 0 Å². The number of pyridine rings is 1. The van der Waals surface area contributed by atoms with Gasteiger partial charge in [-0.1, -0.05) is 19.1 Å². The molecule has 0 amide bonds. The quantitative estimate of drug-likeness (QED) is 0.767. The number of thioether (sulfide) groups is 1. The van der Waals surface area contributed by atoms with Gasteiger partial charge in [0.25, 0.3) is 0 Å². The van der Waals surface area contributed by atoms with Crippen LogP contribution in [0.4, 0.5) is 13.2 Å². The number of hydrogen-bond acceptors (Lipinski definition) is 2. The molecule has 0 saturated carbocycles. The lowest BCUT2D eigenvalue weighted by atomic mass is 10.0. The number of nitrogens with zero attached hydrogens (tertiary/aromatic N) is 1. The van der Waals surface area contributed by atoms with Gasteiger partial charge in [-0.2, -0.15) is 13.2 Å². The SMILES string of the molecule is CCCSc1cn(C)cc(-c2cccc(C(F)(F)F)c2)c1=O. The summed E-state index contributed by atoms with van der Waals surface area (Å²) in [5, 5.41) is 0. The number of benzene rings is 1. The minimum atomic E-state index is -4.42. The molecule has 2 aromatic rings. The van der Waals surface area contributed by atoms with Crippen LogP contribution in [-0.4, -0.2) is 10.3 Å². The maximum absolute atomic E-state index is 12.8. The molecule has 0 atom stereocenters. The second kappa shape index (κ2) is 6.60. The molecule has 22 heavy (non-hydrogen) atoms. The van der Waals surface area contributed by atoms with Crippen molar-refractivity contribution < 1.29 is 13.2 Å². The van der Waals surface area contributed by atoms with Gasteiger partial charge >= 0.3 is 6.18 Å². The first-order chi connectivity index (χ1) is 10.3. The Morgan fingerprint density at radius 2 is 1.95 bits per heavy atom. The minimum Gasteiger partial charge on any atom is -0.355 e. The Bertz CT molecular complexity index is 722. The molecule has 2 rings (SSSR count). The first kappa shape index (κ1) is 16.7. The van der Waals surface area contributed by atoms with Gasteiger partial charge in [-0.15, -0.1) is 11.8 Å². The zero-order chi connectivity index (χ0) is 16.3. The summed E-state index contributed by atoms with van der Waals surface area (Å²) in [6.45, 7) is 2.01. The Morgan fingerprint density at radius 3 is 2.59 bits per heavy atom. The van der Waals surface area contributed by atoms with Crippen LogP contribution in [0.15, 0.2) is 46.3 Å². The minimum absolute atomic E-state index is 0.226. The molecule has 1 aromatic carbocycles. The van der Waals surface area contributed by atoms with Crippen molar-refractivity contribution in [3.05, 3.63) is 52.4 Å². The molecule has 0 fully saturated rings. The van der Waals surface area contributed by atoms with E-state index in [0.29, 0.717) is 4.90 Å². The van der Waals surface area contributed by atoms with Crippen molar-refractivity contribution in [3.8, 4) is 11.1 Å². The fourth-order valence-corrected chi connectivity index (χ4v) is 2.97. The van der Waals surface area contributed by atoms with E-state index in [-0.39, 0.29) is 16.6 Å². The molecule has 1 aromatic heterocycles. The number of aromatic nitrogens is 1. The van der Waals surface area contributed by atoms with Gasteiger partial charge < -0.3 is 4.57 Å². The van der Waals surface area contributed by atoms with E-state index in [0.717, 1.165) is 24.3 Å². The average Bonchev–Trinajstić information content (AvgIpc) is 2.47. The summed E-state index contributed by atoms with van der Waals surface area (Å²) in [4.78, 5) is 13.0. The topological polar surface area (TPSA) is 22.0 Å². The monoisotopic (exact) mass is 327 g/mol. The fourth-order valence-electron chi connectivity index (χ4n) is 2.06. The van der Waals surface area contributed by atoms with Crippen LogP contribution in [0.25, 0.3) is 11.1 Å². The molecule has 0 aliphatic carbocycles. The lowest BCUT2D eigenvalue weighted by molar-refractivity contribution is -0.137. The molecule has 0 spiro atoms. The van der Waals surface area contributed by atoms with Crippen molar-refractivity contribution in [2.75, 3.05) is 5.75 Å². The van der Waals surface area contributed by atoms with Gasteiger partial charge in [0.15, 0.2) is 0 Å². The summed E-state index contributed by atoms with van der Waals surface area (Å²) in [7, 11) is 1.76. The molecule has 1 heterocycles. The van der Waals surface area contributed by atoms with Crippen LogP contribution in [0.1, 0.15) is 18.9 Å². The number of rotatable bonds is 4. The molecular weight excluding hydrogens is 311 g/mol. The van der Waals surface area contributed by atoms with Crippen molar-refractivity contribution >= 4 is 11.8 Å². The van der Waals surface area contributed by atoms with Crippen LogP contribution in [-0.2, 0) is 13.2 Å². The lowest BCUT2D eigenvalue weighted by Gasteiger charge is -2.11. The predicted octanol–water partition coefficient (Wildman–Crippen LogP) is 4.57. The molecule has 0 N–H and O–H groups in total. The largest absolute Gasteiger partial charge is 0.416 e. The Hall–Kier alpha value is -1.69. The van der Waals surface area contributed by atoms with Crippen LogP contribution >= 0.6 is 11.8 Å². The van der Waals surface area contributed by atoms with Gasteiger partial charge in [-0.25, -0.2) is 0 Å². The third kappa shape index (κ3) is 3.74. The summed E-state index contributed by atoms with van der Waals surface area (Å²) < 4.78 is 40.2. The molecule has 0 radical (unpaired) electrons. The van der Waals surface area contributed by atoms with Crippen LogP contribution < -0.4 is 5.43 Å². The zero-order valence-corrected chi connectivity index (χ0v) is 13.1. The maximum Gasteiger partial charge on any atom is 0.416 e. The Morgan fingerprint density at radius 1 is 1.23 bits per heavy atom. The van der Waals surface area contributed by atoms with E-state index in [4.69, 9.17) is 0 Å². The Balaban J connectivity index is 2.53. The third-order valence-electron chi connectivity index (χ3n) is 3.08. The number of aryl methyl sites for hydroxylation is 1. The third-order valence-corrected chi connectivity index (χ3v) is 4.30. The van der Waals surface area contributed by atoms with Gasteiger partial charge in [0.2, 0.25) is 5.43 Å². The highest BCUT2D eigenvalue weighted by molar-refractivity contribution is 7.99. The van der Waals surface area contributed by atoms with Crippen molar-refractivity contribution in [3.63, 3.8) is 0 Å². The van der Waals surface area contributed by atoms with Gasteiger partial charge in [0.1, 0.15) is 0 Å². The second-order valence-corrected chi connectivity index (χ2v) is 6.09. The summed E-state index contributed by atoms with van der Waals surface area (Å²) >= 11 is 1.42. The van der Waals surface area contributed by atoms with Gasteiger partial charge in [0.05, 0.1) is 10.5 Å². The predicted molar refractivity (Wildman–Crippen MR) is 83.1 cm³/mol. The number of alkyl halides is 3. The number of hydrogen-bond donors (Lipinski definition) is 0. The first-order valence-electron chi connectivity index (χ1n) is 6.83. The molecular formula is C16H16F3NOS. The van der Waals surface area contributed by atoms with E-state index in [1.807, 2.05) is 6.92 Å². The highest BCUT2D eigenvalue weighted by Gasteiger charge is 2.30. The molecule has 118 valence electrons. The van der Waals surface area contributed by atoms with E-state index < -0.39 is 11.7 Å². The van der Waals surface area contributed by atoms with E-state index in [1.165, 1.54) is 23.9 Å².